The normalized spacial score (nSPS) is 28.2. The molecule has 2 unspecified atom stereocenters. The highest BCUT2D eigenvalue weighted by molar-refractivity contribution is 5.56. The molecule has 1 saturated carbocycles. The molecule has 1 N–H and O–H groups in total. The second kappa shape index (κ2) is 4.62. The van der Waals surface area contributed by atoms with Crippen molar-refractivity contribution in [3.8, 4) is 11.5 Å². The van der Waals surface area contributed by atoms with Crippen LogP contribution in [0.15, 0.2) is 18.2 Å². The summed E-state index contributed by atoms with van der Waals surface area (Å²) in [4.78, 5) is 0. The summed E-state index contributed by atoms with van der Waals surface area (Å²) in [5.41, 5.74) is 1.63. The van der Waals surface area contributed by atoms with Gasteiger partial charge in [-0.25, -0.2) is 0 Å². The van der Waals surface area contributed by atoms with Crippen molar-refractivity contribution in [3.63, 3.8) is 0 Å². The van der Waals surface area contributed by atoms with Crippen molar-refractivity contribution >= 4 is 5.69 Å². The largest absolute Gasteiger partial charge is 0.454 e. The molecule has 3 rings (SSSR count). The zero-order valence-electron chi connectivity index (χ0n) is 12.0. The maximum Gasteiger partial charge on any atom is 0.231 e. The topological polar surface area (TPSA) is 30.5 Å². The van der Waals surface area contributed by atoms with Crippen molar-refractivity contribution in [1.82, 2.24) is 0 Å². The molecule has 0 bridgehead atoms. The maximum atomic E-state index is 5.43. The molecule has 19 heavy (non-hydrogen) atoms. The predicted octanol–water partition coefficient (Wildman–Crippen LogP) is 4.04. The minimum atomic E-state index is 0.340. The fourth-order valence-electron chi connectivity index (χ4n) is 3.36. The Morgan fingerprint density at radius 1 is 1.21 bits per heavy atom. The van der Waals surface area contributed by atoms with Gasteiger partial charge in [-0.1, -0.05) is 20.8 Å². The number of anilines is 1. The van der Waals surface area contributed by atoms with Crippen LogP contribution in [0.5, 0.6) is 11.5 Å². The van der Waals surface area contributed by atoms with E-state index >= 15 is 0 Å². The van der Waals surface area contributed by atoms with Gasteiger partial charge in [0.15, 0.2) is 11.5 Å². The van der Waals surface area contributed by atoms with Gasteiger partial charge < -0.3 is 14.8 Å². The molecule has 1 aliphatic heterocycles. The third kappa shape index (κ3) is 2.65. The second-order valence-electron chi connectivity index (χ2n) is 6.70. The van der Waals surface area contributed by atoms with Gasteiger partial charge in [-0.05, 0) is 42.7 Å². The fourth-order valence-corrected chi connectivity index (χ4v) is 3.36. The van der Waals surface area contributed by atoms with E-state index in [9.17, 15) is 0 Å². The molecule has 3 nitrogen and oxygen atoms in total. The molecule has 1 aromatic carbocycles. The predicted molar refractivity (Wildman–Crippen MR) is 76.8 cm³/mol. The van der Waals surface area contributed by atoms with Crippen LogP contribution in [0.1, 0.15) is 40.0 Å². The number of nitrogens with one attached hydrogen (secondary N) is 1. The molecule has 0 spiro atoms. The lowest BCUT2D eigenvalue weighted by atomic mass is 9.70. The van der Waals surface area contributed by atoms with Crippen LogP contribution in [0, 0.1) is 11.3 Å². The minimum Gasteiger partial charge on any atom is -0.454 e. The molecule has 1 heterocycles. The van der Waals surface area contributed by atoms with Crippen LogP contribution in [-0.4, -0.2) is 12.8 Å². The summed E-state index contributed by atoms with van der Waals surface area (Å²) in [7, 11) is 0. The summed E-state index contributed by atoms with van der Waals surface area (Å²) < 4.78 is 10.8. The Kier molecular flexibility index (Phi) is 3.08. The summed E-state index contributed by atoms with van der Waals surface area (Å²) in [6, 6.07) is 6.69. The number of fused-ring (bicyclic) bond motifs is 1. The molecule has 1 aromatic rings. The molecule has 104 valence electrons. The Labute approximate surface area is 115 Å². The van der Waals surface area contributed by atoms with E-state index in [0.29, 0.717) is 24.2 Å². The van der Waals surface area contributed by atoms with Crippen LogP contribution in [0.2, 0.25) is 0 Å². The van der Waals surface area contributed by atoms with E-state index < -0.39 is 0 Å². The summed E-state index contributed by atoms with van der Waals surface area (Å²) in [5, 5.41) is 3.66. The average Bonchev–Trinajstić information content (AvgIpc) is 2.79. The molecule has 1 aliphatic carbocycles. The van der Waals surface area contributed by atoms with Crippen LogP contribution in [0.3, 0.4) is 0 Å². The van der Waals surface area contributed by atoms with Crippen molar-refractivity contribution in [2.45, 2.75) is 46.1 Å². The zero-order valence-corrected chi connectivity index (χ0v) is 12.0. The number of benzene rings is 1. The third-order valence-electron chi connectivity index (χ3n) is 4.42. The van der Waals surface area contributed by atoms with E-state index in [0.717, 1.165) is 17.2 Å². The van der Waals surface area contributed by atoms with Gasteiger partial charge in [-0.15, -0.1) is 0 Å². The van der Waals surface area contributed by atoms with Gasteiger partial charge in [-0.3, -0.25) is 0 Å². The molecule has 3 heteroatoms. The van der Waals surface area contributed by atoms with E-state index in [4.69, 9.17) is 9.47 Å². The van der Waals surface area contributed by atoms with Crippen LogP contribution < -0.4 is 14.8 Å². The maximum absolute atomic E-state index is 5.43. The monoisotopic (exact) mass is 261 g/mol. The molecular formula is C16H23NO2. The number of hydrogen-bond acceptors (Lipinski definition) is 3. The van der Waals surface area contributed by atoms with Crippen molar-refractivity contribution in [2.24, 2.45) is 11.3 Å². The van der Waals surface area contributed by atoms with Gasteiger partial charge in [0.2, 0.25) is 6.79 Å². The smallest absolute Gasteiger partial charge is 0.231 e. The van der Waals surface area contributed by atoms with E-state index in [1.165, 1.54) is 19.3 Å². The van der Waals surface area contributed by atoms with Crippen molar-refractivity contribution in [2.75, 3.05) is 12.1 Å². The Morgan fingerprint density at radius 3 is 2.79 bits per heavy atom. The first kappa shape index (κ1) is 12.6. The highest BCUT2D eigenvalue weighted by Crippen LogP contribution is 2.40. The molecule has 0 amide bonds. The lowest BCUT2D eigenvalue weighted by Crippen LogP contribution is -2.36. The van der Waals surface area contributed by atoms with Crippen LogP contribution in [-0.2, 0) is 0 Å². The lowest BCUT2D eigenvalue weighted by Gasteiger charge is -2.40. The number of hydrogen-bond donors (Lipinski definition) is 1. The molecule has 2 aliphatic rings. The van der Waals surface area contributed by atoms with Crippen LogP contribution in [0.25, 0.3) is 0 Å². The molecule has 2 atom stereocenters. The lowest BCUT2D eigenvalue weighted by molar-refractivity contribution is 0.173. The van der Waals surface area contributed by atoms with Crippen LogP contribution >= 0.6 is 0 Å². The summed E-state index contributed by atoms with van der Waals surface area (Å²) >= 11 is 0. The Morgan fingerprint density at radius 2 is 2.00 bits per heavy atom. The Balaban J connectivity index is 1.68. The van der Waals surface area contributed by atoms with E-state index in [2.05, 4.69) is 38.2 Å². The first-order valence-electron chi connectivity index (χ1n) is 7.20. The van der Waals surface area contributed by atoms with Gasteiger partial charge in [0.1, 0.15) is 0 Å². The highest BCUT2D eigenvalue weighted by atomic mass is 16.7. The molecule has 1 fully saturated rings. The summed E-state index contributed by atoms with van der Waals surface area (Å²) in [6.45, 7) is 7.44. The molecule has 0 aromatic heterocycles. The zero-order chi connectivity index (χ0) is 13.5. The number of ether oxygens (including phenoxy) is 2. The Bertz CT molecular complexity index is 470. The third-order valence-corrected chi connectivity index (χ3v) is 4.42. The molecule has 0 saturated heterocycles. The van der Waals surface area contributed by atoms with Crippen molar-refractivity contribution in [1.29, 1.82) is 0 Å². The van der Waals surface area contributed by atoms with Crippen molar-refractivity contribution in [3.05, 3.63) is 18.2 Å². The van der Waals surface area contributed by atoms with Crippen molar-refractivity contribution < 1.29 is 9.47 Å². The SMILES string of the molecule is CC1CC(C)(C)CCC1Nc1ccc2c(c1)OCO2. The van der Waals surface area contributed by atoms with Gasteiger partial charge >= 0.3 is 0 Å². The minimum absolute atomic E-state index is 0.340. The molecular weight excluding hydrogens is 238 g/mol. The quantitative estimate of drug-likeness (QED) is 0.871. The van der Waals surface area contributed by atoms with E-state index in [1.807, 2.05) is 6.07 Å². The van der Waals surface area contributed by atoms with Gasteiger partial charge in [0, 0.05) is 17.8 Å². The second-order valence-corrected chi connectivity index (χ2v) is 6.70. The summed E-state index contributed by atoms with van der Waals surface area (Å²) in [6.07, 6.45) is 3.82. The summed E-state index contributed by atoms with van der Waals surface area (Å²) in [5.74, 6) is 2.41. The molecule has 0 radical (unpaired) electrons. The first-order valence-corrected chi connectivity index (χ1v) is 7.20. The standard InChI is InChI=1S/C16H23NO2/c1-11-9-16(2,3)7-6-13(11)17-12-4-5-14-15(8-12)19-10-18-14/h4-5,8,11,13,17H,6-7,9-10H2,1-3H3. The van der Waals surface area contributed by atoms with Gasteiger partial charge in [0.25, 0.3) is 0 Å². The fraction of sp³-hybridized carbons (Fsp3) is 0.625. The number of rotatable bonds is 2. The average molecular weight is 261 g/mol. The van der Waals surface area contributed by atoms with Crippen LogP contribution in [0.4, 0.5) is 5.69 Å². The highest BCUT2D eigenvalue weighted by Gasteiger charge is 2.32. The van der Waals surface area contributed by atoms with Gasteiger partial charge in [0.05, 0.1) is 0 Å². The Hall–Kier alpha value is -1.38. The van der Waals surface area contributed by atoms with E-state index in [1.54, 1.807) is 0 Å². The van der Waals surface area contributed by atoms with Gasteiger partial charge in [-0.2, -0.15) is 0 Å². The van der Waals surface area contributed by atoms with E-state index in [-0.39, 0.29) is 0 Å². The first-order chi connectivity index (χ1) is 9.03.